The Morgan fingerprint density at radius 1 is 1.61 bits per heavy atom. The Bertz CT molecular complexity index is 533. The molecule has 0 amide bonds. The number of carbonyl (C=O) groups excluding carboxylic acids is 1. The van der Waals surface area contributed by atoms with Crippen LogP contribution in [0.3, 0.4) is 0 Å². The van der Waals surface area contributed by atoms with Crippen LogP contribution in [0.5, 0.6) is 0 Å². The number of rotatable bonds is 5. The van der Waals surface area contributed by atoms with Crippen LogP contribution in [-0.4, -0.2) is 37.2 Å². The van der Waals surface area contributed by atoms with E-state index in [0.29, 0.717) is 0 Å². The normalized spacial score (nSPS) is 16.3. The number of nitrogens with zero attached hydrogens (tertiary/aromatic N) is 1. The van der Waals surface area contributed by atoms with Gasteiger partial charge >= 0.3 is 5.97 Å². The average Bonchev–Trinajstić information content (AvgIpc) is 2.73. The Hall–Kier alpha value is -1.41. The fourth-order valence-electron chi connectivity index (χ4n) is 1.64. The number of sulfonamides is 1. The highest BCUT2D eigenvalue weighted by Gasteiger charge is 2.30. The van der Waals surface area contributed by atoms with E-state index in [4.69, 9.17) is 4.74 Å². The summed E-state index contributed by atoms with van der Waals surface area (Å²) in [5.74, 6) is -0.694. The topological polar surface area (TPSA) is 101 Å². The van der Waals surface area contributed by atoms with E-state index in [0.717, 1.165) is 25.5 Å². The van der Waals surface area contributed by atoms with Crippen molar-refractivity contribution in [3.05, 3.63) is 11.8 Å². The first-order valence-electron chi connectivity index (χ1n) is 5.77. The molecule has 1 aliphatic carbocycles. The van der Waals surface area contributed by atoms with E-state index in [-0.39, 0.29) is 23.2 Å². The van der Waals surface area contributed by atoms with Crippen molar-refractivity contribution in [1.82, 2.24) is 14.9 Å². The standard InChI is InChI=1S/C10H15N3O4S/c1-2-17-10(14)8-6-11-12-9(8)18(15,16)13-7-4-3-5-7/h6-7,13H,2-5H2,1H3,(H,11,12). The molecular formula is C10H15N3O4S. The lowest BCUT2D eigenvalue weighted by Crippen LogP contribution is -2.40. The summed E-state index contributed by atoms with van der Waals surface area (Å²) in [7, 11) is -3.74. The molecule has 0 spiro atoms. The number of esters is 1. The van der Waals surface area contributed by atoms with E-state index in [9.17, 15) is 13.2 Å². The number of carbonyl (C=O) groups is 1. The van der Waals surface area contributed by atoms with Gasteiger partial charge in [0.1, 0.15) is 5.56 Å². The SMILES string of the molecule is CCOC(=O)c1cn[nH]c1S(=O)(=O)NC1CCC1. The van der Waals surface area contributed by atoms with Crippen LogP contribution < -0.4 is 4.72 Å². The molecule has 1 aromatic rings. The van der Waals surface area contributed by atoms with Gasteiger partial charge in [0.2, 0.25) is 0 Å². The maximum Gasteiger partial charge on any atom is 0.342 e. The molecule has 0 aliphatic heterocycles. The van der Waals surface area contributed by atoms with Crippen LogP contribution in [0.15, 0.2) is 11.2 Å². The van der Waals surface area contributed by atoms with Crippen molar-refractivity contribution in [1.29, 1.82) is 0 Å². The lowest BCUT2D eigenvalue weighted by molar-refractivity contribution is 0.0522. The fraction of sp³-hybridized carbons (Fsp3) is 0.600. The average molecular weight is 273 g/mol. The summed E-state index contributed by atoms with van der Waals surface area (Å²) in [5, 5.41) is 5.71. The van der Waals surface area contributed by atoms with Crippen LogP contribution in [0.2, 0.25) is 0 Å². The van der Waals surface area contributed by atoms with Gasteiger partial charge in [-0.05, 0) is 19.8 Å². The Kier molecular flexibility index (Phi) is 3.67. The monoisotopic (exact) mass is 273 g/mol. The van der Waals surface area contributed by atoms with Crippen molar-refractivity contribution >= 4 is 16.0 Å². The molecule has 18 heavy (non-hydrogen) atoms. The van der Waals surface area contributed by atoms with Crippen molar-refractivity contribution in [2.45, 2.75) is 37.3 Å². The van der Waals surface area contributed by atoms with Gasteiger partial charge in [0, 0.05) is 6.04 Å². The molecule has 1 heterocycles. The molecule has 2 N–H and O–H groups in total. The fourth-order valence-corrected chi connectivity index (χ4v) is 3.03. The molecule has 0 atom stereocenters. The molecule has 0 radical (unpaired) electrons. The van der Waals surface area contributed by atoms with E-state index in [1.54, 1.807) is 6.92 Å². The number of hydrogen-bond donors (Lipinski definition) is 2. The number of ether oxygens (including phenoxy) is 1. The minimum absolute atomic E-state index is 0.0478. The second kappa shape index (κ2) is 5.07. The number of hydrogen-bond acceptors (Lipinski definition) is 5. The van der Waals surface area contributed by atoms with Crippen molar-refractivity contribution in [3.63, 3.8) is 0 Å². The van der Waals surface area contributed by atoms with Crippen LogP contribution >= 0.6 is 0 Å². The molecule has 1 saturated carbocycles. The molecule has 0 bridgehead atoms. The maximum absolute atomic E-state index is 12.0. The highest BCUT2D eigenvalue weighted by atomic mass is 32.2. The van der Waals surface area contributed by atoms with Crippen LogP contribution in [-0.2, 0) is 14.8 Å². The van der Waals surface area contributed by atoms with E-state index in [1.165, 1.54) is 0 Å². The van der Waals surface area contributed by atoms with Gasteiger partial charge in [-0.25, -0.2) is 17.9 Å². The van der Waals surface area contributed by atoms with Crippen LogP contribution in [0.4, 0.5) is 0 Å². The van der Waals surface area contributed by atoms with Crippen LogP contribution in [0.25, 0.3) is 0 Å². The molecule has 2 rings (SSSR count). The zero-order valence-corrected chi connectivity index (χ0v) is 10.8. The van der Waals surface area contributed by atoms with Gasteiger partial charge in [-0.15, -0.1) is 0 Å². The first-order chi connectivity index (χ1) is 8.54. The minimum Gasteiger partial charge on any atom is -0.462 e. The summed E-state index contributed by atoms with van der Waals surface area (Å²) in [6.07, 6.45) is 3.82. The highest BCUT2D eigenvalue weighted by Crippen LogP contribution is 2.21. The first kappa shape index (κ1) is 13.0. The molecule has 1 aromatic heterocycles. The summed E-state index contributed by atoms with van der Waals surface area (Å²) in [6.45, 7) is 1.83. The largest absolute Gasteiger partial charge is 0.462 e. The molecule has 0 aromatic carbocycles. The van der Waals surface area contributed by atoms with Gasteiger partial charge in [0.15, 0.2) is 5.03 Å². The van der Waals surface area contributed by atoms with Gasteiger partial charge in [-0.3, -0.25) is 5.10 Å². The van der Waals surface area contributed by atoms with E-state index in [1.807, 2.05) is 0 Å². The summed E-state index contributed by atoms with van der Waals surface area (Å²) in [6, 6.07) is -0.0478. The lowest BCUT2D eigenvalue weighted by Gasteiger charge is -2.25. The number of aromatic nitrogens is 2. The number of H-pyrrole nitrogens is 1. The van der Waals surface area contributed by atoms with Gasteiger partial charge < -0.3 is 4.74 Å². The summed E-state index contributed by atoms with van der Waals surface area (Å²) in [5.41, 5.74) is -0.0660. The predicted molar refractivity (Wildman–Crippen MR) is 62.5 cm³/mol. The Morgan fingerprint density at radius 3 is 2.89 bits per heavy atom. The minimum atomic E-state index is -3.74. The molecule has 8 heteroatoms. The molecule has 100 valence electrons. The molecule has 7 nitrogen and oxygen atoms in total. The predicted octanol–water partition coefficient (Wildman–Crippen LogP) is 0.417. The maximum atomic E-state index is 12.0. The molecule has 0 unspecified atom stereocenters. The zero-order valence-electron chi connectivity index (χ0n) is 9.97. The second-order valence-electron chi connectivity index (χ2n) is 4.08. The highest BCUT2D eigenvalue weighted by molar-refractivity contribution is 7.89. The summed E-state index contributed by atoms with van der Waals surface area (Å²) < 4.78 is 31.4. The summed E-state index contributed by atoms with van der Waals surface area (Å²) in [4.78, 5) is 11.6. The van der Waals surface area contributed by atoms with Gasteiger partial charge in [-0.1, -0.05) is 6.42 Å². The van der Waals surface area contributed by atoms with Gasteiger partial charge in [-0.2, -0.15) is 5.10 Å². The first-order valence-corrected chi connectivity index (χ1v) is 7.25. The van der Waals surface area contributed by atoms with Crippen LogP contribution in [0, 0.1) is 0 Å². The summed E-state index contributed by atoms with van der Waals surface area (Å²) >= 11 is 0. The smallest absolute Gasteiger partial charge is 0.342 e. The van der Waals surface area contributed by atoms with Crippen molar-refractivity contribution in [2.24, 2.45) is 0 Å². The molecule has 0 saturated heterocycles. The third kappa shape index (κ3) is 2.54. The Labute approximate surface area is 105 Å². The Balaban J connectivity index is 2.21. The Morgan fingerprint density at radius 2 is 2.33 bits per heavy atom. The molecule has 1 fully saturated rings. The lowest BCUT2D eigenvalue weighted by atomic mass is 9.94. The van der Waals surface area contributed by atoms with E-state index < -0.39 is 16.0 Å². The second-order valence-corrected chi connectivity index (χ2v) is 5.73. The zero-order chi connectivity index (χ0) is 13.2. The number of aromatic amines is 1. The van der Waals surface area contributed by atoms with Crippen molar-refractivity contribution < 1.29 is 17.9 Å². The van der Waals surface area contributed by atoms with Crippen LogP contribution in [0.1, 0.15) is 36.5 Å². The molecular weight excluding hydrogens is 258 g/mol. The number of nitrogens with one attached hydrogen (secondary N) is 2. The van der Waals surface area contributed by atoms with E-state index in [2.05, 4.69) is 14.9 Å². The van der Waals surface area contributed by atoms with E-state index >= 15 is 0 Å². The quantitative estimate of drug-likeness (QED) is 0.757. The van der Waals surface area contributed by atoms with Gasteiger partial charge in [0.25, 0.3) is 10.0 Å². The van der Waals surface area contributed by atoms with Gasteiger partial charge in [0.05, 0.1) is 12.8 Å². The third-order valence-corrected chi connectivity index (χ3v) is 4.29. The third-order valence-electron chi connectivity index (χ3n) is 2.80. The van der Waals surface area contributed by atoms with Crippen molar-refractivity contribution in [3.8, 4) is 0 Å². The molecule has 1 aliphatic rings. The van der Waals surface area contributed by atoms with Crippen molar-refractivity contribution in [2.75, 3.05) is 6.61 Å².